The van der Waals surface area contributed by atoms with Gasteiger partial charge in [0.15, 0.2) is 0 Å². The van der Waals surface area contributed by atoms with Crippen LogP contribution in [0.25, 0.3) is 0 Å². The quantitative estimate of drug-likeness (QED) is 0.782. The molecule has 98 valence electrons. The molecule has 2 rings (SSSR count). The molecule has 0 spiro atoms. The number of carbonyl (C=O) groups is 1. The van der Waals surface area contributed by atoms with Crippen LogP contribution in [0.3, 0.4) is 0 Å². The largest absolute Gasteiger partial charge is 0.399 e. The van der Waals surface area contributed by atoms with E-state index in [-0.39, 0.29) is 5.91 Å². The molecule has 0 saturated heterocycles. The number of rotatable bonds is 5. The van der Waals surface area contributed by atoms with E-state index in [0.717, 1.165) is 23.5 Å². The summed E-state index contributed by atoms with van der Waals surface area (Å²) in [6.45, 7) is 2.77. The summed E-state index contributed by atoms with van der Waals surface area (Å²) in [6, 6.07) is 6.23. The lowest BCUT2D eigenvalue weighted by Crippen LogP contribution is -2.26. The van der Waals surface area contributed by atoms with E-state index in [0.29, 0.717) is 12.5 Å². The molecule has 4 heteroatoms. The maximum atomic E-state index is 11.8. The topological polar surface area (TPSA) is 58.4 Å². The van der Waals surface area contributed by atoms with E-state index < -0.39 is 0 Å². The van der Waals surface area contributed by atoms with E-state index in [2.05, 4.69) is 17.3 Å². The molecule has 0 radical (unpaired) electrons. The predicted octanol–water partition coefficient (Wildman–Crippen LogP) is 2.00. The van der Waals surface area contributed by atoms with Crippen molar-refractivity contribution in [3.05, 3.63) is 23.8 Å². The summed E-state index contributed by atoms with van der Waals surface area (Å²) in [4.78, 5) is 14.1. The highest BCUT2D eigenvalue weighted by molar-refractivity contribution is 5.91. The van der Waals surface area contributed by atoms with Gasteiger partial charge < -0.3 is 16.0 Å². The second-order valence-electron chi connectivity index (χ2n) is 5.08. The lowest BCUT2D eigenvalue weighted by Gasteiger charge is -2.15. The van der Waals surface area contributed by atoms with Crippen LogP contribution >= 0.6 is 0 Å². The van der Waals surface area contributed by atoms with Crippen molar-refractivity contribution in [3.63, 3.8) is 0 Å². The van der Waals surface area contributed by atoms with Crippen LogP contribution < -0.4 is 11.1 Å². The highest BCUT2D eigenvalue weighted by Crippen LogP contribution is 2.25. The van der Waals surface area contributed by atoms with Gasteiger partial charge in [-0.2, -0.15) is 0 Å². The van der Waals surface area contributed by atoms with Gasteiger partial charge in [-0.05, 0) is 50.6 Å². The minimum absolute atomic E-state index is 0.0652. The molecule has 1 saturated carbocycles. The van der Waals surface area contributed by atoms with Gasteiger partial charge in [-0.25, -0.2) is 0 Å². The molecule has 1 aliphatic rings. The third-order valence-electron chi connectivity index (χ3n) is 3.39. The Balaban J connectivity index is 1.82. The van der Waals surface area contributed by atoms with Crippen molar-refractivity contribution in [1.29, 1.82) is 0 Å². The molecule has 0 bridgehead atoms. The van der Waals surface area contributed by atoms with E-state index in [1.165, 1.54) is 12.8 Å². The van der Waals surface area contributed by atoms with Crippen LogP contribution in [0.4, 0.5) is 11.4 Å². The fourth-order valence-corrected chi connectivity index (χ4v) is 2.02. The first-order valence-corrected chi connectivity index (χ1v) is 6.42. The number of nitrogens with one attached hydrogen (secondary N) is 1. The number of nitrogen functional groups attached to an aromatic ring is 1. The van der Waals surface area contributed by atoms with Gasteiger partial charge in [-0.15, -0.1) is 0 Å². The van der Waals surface area contributed by atoms with Gasteiger partial charge in [0.1, 0.15) is 0 Å². The molecular formula is C14H21N3O. The molecule has 0 aromatic heterocycles. The molecule has 1 fully saturated rings. The number of anilines is 2. The molecule has 0 unspecified atom stereocenters. The average Bonchev–Trinajstić information content (AvgIpc) is 3.14. The first-order chi connectivity index (χ1) is 8.56. The number of amides is 1. The van der Waals surface area contributed by atoms with Crippen LogP contribution in [-0.4, -0.2) is 30.4 Å². The summed E-state index contributed by atoms with van der Waals surface area (Å²) in [7, 11) is 2.08. The summed E-state index contributed by atoms with van der Waals surface area (Å²) in [5, 5.41) is 2.93. The Morgan fingerprint density at radius 3 is 2.83 bits per heavy atom. The molecule has 1 amide bonds. The number of benzene rings is 1. The first-order valence-electron chi connectivity index (χ1n) is 6.42. The number of nitrogens with two attached hydrogens (primary N) is 1. The number of aryl methyl sites for hydroxylation is 1. The lowest BCUT2D eigenvalue weighted by molar-refractivity contribution is -0.116. The van der Waals surface area contributed by atoms with Gasteiger partial charge >= 0.3 is 0 Å². The van der Waals surface area contributed by atoms with Crippen LogP contribution in [-0.2, 0) is 4.79 Å². The highest BCUT2D eigenvalue weighted by atomic mass is 16.1. The van der Waals surface area contributed by atoms with Crippen LogP contribution in [0.1, 0.15) is 24.8 Å². The maximum Gasteiger partial charge on any atom is 0.225 e. The zero-order chi connectivity index (χ0) is 13.1. The molecule has 18 heavy (non-hydrogen) atoms. The van der Waals surface area contributed by atoms with Crippen LogP contribution in [0.2, 0.25) is 0 Å². The second kappa shape index (κ2) is 5.40. The Morgan fingerprint density at radius 2 is 2.22 bits per heavy atom. The number of carbonyl (C=O) groups excluding carboxylic acids is 1. The third-order valence-corrected chi connectivity index (χ3v) is 3.39. The Hall–Kier alpha value is -1.55. The van der Waals surface area contributed by atoms with E-state index in [1.54, 1.807) is 6.07 Å². The molecule has 4 nitrogen and oxygen atoms in total. The Bertz CT molecular complexity index is 441. The van der Waals surface area contributed by atoms with Crippen molar-refractivity contribution < 1.29 is 4.79 Å². The molecule has 0 atom stereocenters. The van der Waals surface area contributed by atoms with Crippen LogP contribution in [0.15, 0.2) is 18.2 Å². The Labute approximate surface area is 108 Å². The van der Waals surface area contributed by atoms with Crippen molar-refractivity contribution in [2.24, 2.45) is 0 Å². The number of hydrogen-bond donors (Lipinski definition) is 2. The zero-order valence-electron chi connectivity index (χ0n) is 11.1. The standard InChI is InChI=1S/C14H21N3O/c1-10-9-11(15)3-6-13(10)16-14(18)7-8-17(2)12-4-5-12/h3,6,9,12H,4-5,7-8,15H2,1-2H3,(H,16,18). The number of nitrogens with zero attached hydrogens (tertiary/aromatic N) is 1. The summed E-state index contributed by atoms with van der Waals surface area (Å²) < 4.78 is 0. The third kappa shape index (κ3) is 3.47. The van der Waals surface area contributed by atoms with E-state index in [9.17, 15) is 4.79 Å². The molecule has 1 aromatic rings. The van der Waals surface area contributed by atoms with Crippen molar-refractivity contribution >= 4 is 17.3 Å². The number of hydrogen-bond acceptors (Lipinski definition) is 3. The van der Waals surface area contributed by atoms with E-state index in [4.69, 9.17) is 5.73 Å². The molecule has 0 heterocycles. The summed E-state index contributed by atoms with van der Waals surface area (Å²) in [6.07, 6.45) is 3.08. The SMILES string of the molecule is Cc1cc(N)ccc1NC(=O)CCN(C)C1CC1. The van der Waals surface area contributed by atoms with E-state index >= 15 is 0 Å². The predicted molar refractivity (Wildman–Crippen MR) is 74.5 cm³/mol. The lowest BCUT2D eigenvalue weighted by atomic mass is 10.2. The summed E-state index contributed by atoms with van der Waals surface area (Å²) >= 11 is 0. The van der Waals surface area contributed by atoms with Crippen molar-refractivity contribution in [2.75, 3.05) is 24.6 Å². The first kappa shape index (κ1) is 12.9. The van der Waals surface area contributed by atoms with Gasteiger partial charge in [0.2, 0.25) is 5.91 Å². The van der Waals surface area contributed by atoms with Gasteiger partial charge in [-0.1, -0.05) is 0 Å². The maximum absolute atomic E-state index is 11.8. The molecular weight excluding hydrogens is 226 g/mol. The molecule has 3 N–H and O–H groups in total. The van der Waals surface area contributed by atoms with Crippen molar-refractivity contribution in [3.8, 4) is 0 Å². The smallest absolute Gasteiger partial charge is 0.225 e. The summed E-state index contributed by atoms with van der Waals surface area (Å²) in [5.41, 5.74) is 8.25. The summed E-state index contributed by atoms with van der Waals surface area (Å²) in [5.74, 6) is 0.0652. The Morgan fingerprint density at radius 1 is 1.50 bits per heavy atom. The molecule has 1 aliphatic carbocycles. The monoisotopic (exact) mass is 247 g/mol. The highest BCUT2D eigenvalue weighted by Gasteiger charge is 2.25. The normalized spacial score (nSPS) is 14.8. The van der Waals surface area contributed by atoms with Crippen molar-refractivity contribution in [1.82, 2.24) is 4.90 Å². The molecule has 1 aromatic carbocycles. The average molecular weight is 247 g/mol. The van der Waals surface area contributed by atoms with Gasteiger partial charge in [0, 0.05) is 30.4 Å². The fraction of sp³-hybridized carbons (Fsp3) is 0.500. The minimum Gasteiger partial charge on any atom is -0.399 e. The molecule has 0 aliphatic heterocycles. The van der Waals surface area contributed by atoms with Gasteiger partial charge in [0.05, 0.1) is 0 Å². The van der Waals surface area contributed by atoms with E-state index in [1.807, 2.05) is 19.1 Å². The van der Waals surface area contributed by atoms with Crippen LogP contribution in [0, 0.1) is 6.92 Å². The Kier molecular flexibility index (Phi) is 3.87. The van der Waals surface area contributed by atoms with Crippen molar-refractivity contribution in [2.45, 2.75) is 32.2 Å². The fourth-order valence-electron chi connectivity index (χ4n) is 2.02. The zero-order valence-corrected chi connectivity index (χ0v) is 11.1. The van der Waals surface area contributed by atoms with Gasteiger partial charge in [0.25, 0.3) is 0 Å². The van der Waals surface area contributed by atoms with Gasteiger partial charge in [-0.3, -0.25) is 4.79 Å². The second-order valence-corrected chi connectivity index (χ2v) is 5.08. The van der Waals surface area contributed by atoms with Crippen LogP contribution in [0.5, 0.6) is 0 Å². The minimum atomic E-state index is 0.0652.